The molecule has 0 atom stereocenters. The lowest BCUT2D eigenvalue weighted by atomic mass is 10.1. The standard InChI is InChI=1S/C28H31N9O3/c29-27(30)33-11-1-10-31-14-18-2-4-19(5-3-18)22-15-37-16-23(34-28(37)35-25(22)39)20-6-8-21(9-7-20)26(40)36-13-12-32-24(38)17-36/h2-9,15-16,31H,1,10-14,17H2,(H,32,38)(H4,29,30,33)(H,34,35,39). The Hall–Kier alpha value is -4.97. The molecule has 1 aliphatic rings. The van der Waals surface area contributed by atoms with Crippen molar-refractivity contribution in [3.05, 3.63) is 82.4 Å². The first-order valence-corrected chi connectivity index (χ1v) is 13.0. The molecular weight excluding hydrogens is 510 g/mol. The first-order chi connectivity index (χ1) is 19.4. The van der Waals surface area contributed by atoms with E-state index in [4.69, 9.17) is 11.1 Å². The average molecular weight is 542 g/mol. The Morgan fingerprint density at radius 3 is 2.50 bits per heavy atom. The lowest BCUT2D eigenvalue weighted by Gasteiger charge is -2.26. The first kappa shape index (κ1) is 26.6. The summed E-state index contributed by atoms with van der Waals surface area (Å²) in [5.74, 6) is 0.0565. The van der Waals surface area contributed by atoms with Crippen LogP contribution in [0.3, 0.4) is 0 Å². The van der Waals surface area contributed by atoms with Crippen LogP contribution in [0.5, 0.6) is 0 Å². The Morgan fingerprint density at radius 2 is 1.77 bits per heavy atom. The molecule has 4 aromatic rings. The van der Waals surface area contributed by atoms with Gasteiger partial charge in [0.15, 0.2) is 5.96 Å². The molecule has 12 nitrogen and oxygen atoms in total. The van der Waals surface area contributed by atoms with E-state index in [-0.39, 0.29) is 29.9 Å². The van der Waals surface area contributed by atoms with Gasteiger partial charge < -0.3 is 31.6 Å². The number of benzene rings is 2. The number of imidazole rings is 1. The third-order valence-electron chi connectivity index (χ3n) is 6.67. The monoisotopic (exact) mass is 541 g/mol. The summed E-state index contributed by atoms with van der Waals surface area (Å²) >= 11 is 0. The number of carbonyl (C=O) groups is 2. The van der Waals surface area contributed by atoms with Crippen LogP contribution in [-0.2, 0) is 11.3 Å². The first-order valence-electron chi connectivity index (χ1n) is 13.0. The van der Waals surface area contributed by atoms with Crippen molar-refractivity contribution in [2.75, 3.05) is 32.7 Å². The van der Waals surface area contributed by atoms with Gasteiger partial charge >= 0.3 is 0 Å². The fourth-order valence-corrected chi connectivity index (χ4v) is 4.56. The van der Waals surface area contributed by atoms with Gasteiger partial charge in [-0.2, -0.15) is 4.98 Å². The molecule has 3 heterocycles. The highest BCUT2D eigenvalue weighted by Crippen LogP contribution is 2.22. The summed E-state index contributed by atoms with van der Waals surface area (Å²) in [6.45, 7) is 3.12. The van der Waals surface area contributed by atoms with Gasteiger partial charge in [0.25, 0.3) is 11.5 Å². The molecule has 0 radical (unpaired) electrons. The zero-order valence-electron chi connectivity index (χ0n) is 21.9. The summed E-state index contributed by atoms with van der Waals surface area (Å²) in [5.41, 5.74) is 9.39. The quantitative estimate of drug-likeness (QED) is 0.104. The number of piperazine rings is 1. The van der Waals surface area contributed by atoms with E-state index in [0.29, 0.717) is 43.1 Å². The van der Waals surface area contributed by atoms with E-state index in [1.54, 1.807) is 22.7 Å². The number of amides is 2. The van der Waals surface area contributed by atoms with Gasteiger partial charge in [-0.25, -0.2) is 0 Å². The predicted octanol–water partition coefficient (Wildman–Crippen LogP) is 0.891. The number of hydrogen-bond acceptors (Lipinski definition) is 6. The number of guanidine groups is 1. The number of H-pyrrole nitrogens is 1. The van der Waals surface area contributed by atoms with E-state index < -0.39 is 0 Å². The van der Waals surface area contributed by atoms with Crippen LogP contribution in [0.15, 0.2) is 65.7 Å². The molecule has 1 fully saturated rings. The van der Waals surface area contributed by atoms with E-state index in [0.717, 1.165) is 35.3 Å². The second kappa shape index (κ2) is 11.8. The van der Waals surface area contributed by atoms with Crippen LogP contribution in [0.1, 0.15) is 22.3 Å². The summed E-state index contributed by atoms with van der Waals surface area (Å²) in [5, 5.41) is 16.0. The Bertz CT molecular complexity index is 1590. The molecule has 12 heteroatoms. The van der Waals surface area contributed by atoms with Crippen molar-refractivity contribution in [3.8, 4) is 22.4 Å². The van der Waals surface area contributed by atoms with Crippen molar-refractivity contribution in [2.45, 2.75) is 13.0 Å². The second-order valence-electron chi connectivity index (χ2n) is 9.58. The molecule has 7 N–H and O–H groups in total. The summed E-state index contributed by atoms with van der Waals surface area (Å²) in [7, 11) is 0. The maximum absolute atomic E-state index is 12.8. The molecule has 2 aromatic heterocycles. The van der Waals surface area contributed by atoms with E-state index in [9.17, 15) is 14.4 Å². The zero-order valence-corrected chi connectivity index (χ0v) is 21.9. The van der Waals surface area contributed by atoms with Crippen molar-refractivity contribution in [3.63, 3.8) is 0 Å². The van der Waals surface area contributed by atoms with Crippen molar-refractivity contribution in [2.24, 2.45) is 5.73 Å². The smallest absolute Gasteiger partial charge is 0.282 e. The zero-order chi connectivity index (χ0) is 28.1. The second-order valence-corrected chi connectivity index (χ2v) is 9.58. The fourth-order valence-electron chi connectivity index (χ4n) is 4.56. The molecule has 5 rings (SSSR count). The molecule has 1 aliphatic heterocycles. The molecule has 0 unspecified atom stereocenters. The van der Waals surface area contributed by atoms with Gasteiger partial charge in [-0.15, -0.1) is 0 Å². The number of carbonyl (C=O) groups excluding carboxylic acids is 2. The molecule has 40 heavy (non-hydrogen) atoms. The molecule has 206 valence electrons. The Kier molecular flexibility index (Phi) is 7.87. The summed E-state index contributed by atoms with van der Waals surface area (Å²) < 4.78 is 1.78. The third-order valence-corrected chi connectivity index (χ3v) is 6.67. The average Bonchev–Trinajstić information content (AvgIpc) is 3.37. The van der Waals surface area contributed by atoms with Crippen molar-refractivity contribution >= 4 is 23.6 Å². The highest BCUT2D eigenvalue weighted by atomic mass is 16.2. The van der Waals surface area contributed by atoms with Crippen molar-refractivity contribution < 1.29 is 9.59 Å². The summed E-state index contributed by atoms with van der Waals surface area (Å²) in [6.07, 6.45) is 4.47. The summed E-state index contributed by atoms with van der Waals surface area (Å²) in [6, 6.07) is 14.9. The number of nitrogens with two attached hydrogens (primary N) is 1. The maximum Gasteiger partial charge on any atom is 0.282 e. The molecule has 1 saturated heterocycles. The number of fused-ring (bicyclic) bond motifs is 1. The van der Waals surface area contributed by atoms with Gasteiger partial charge in [-0.05, 0) is 41.8 Å². The normalized spacial score (nSPS) is 13.3. The number of aromatic nitrogens is 3. The largest absolute Gasteiger partial charge is 0.370 e. The molecule has 2 aromatic carbocycles. The lowest BCUT2D eigenvalue weighted by molar-refractivity contribution is -0.123. The third kappa shape index (κ3) is 6.18. The minimum Gasteiger partial charge on any atom is -0.370 e. The number of hydrogen-bond donors (Lipinski definition) is 6. The van der Waals surface area contributed by atoms with Crippen LogP contribution >= 0.6 is 0 Å². The van der Waals surface area contributed by atoms with E-state index in [2.05, 4.69) is 25.9 Å². The molecule has 2 amide bonds. The molecule has 0 saturated carbocycles. The van der Waals surface area contributed by atoms with Gasteiger partial charge in [0, 0.05) is 44.1 Å². The predicted molar refractivity (Wildman–Crippen MR) is 152 cm³/mol. The van der Waals surface area contributed by atoms with Crippen LogP contribution in [0.2, 0.25) is 0 Å². The van der Waals surface area contributed by atoms with Crippen LogP contribution in [-0.4, -0.2) is 69.8 Å². The van der Waals surface area contributed by atoms with Crippen LogP contribution < -0.4 is 27.2 Å². The van der Waals surface area contributed by atoms with Gasteiger partial charge in [0.05, 0.1) is 17.8 Å². The molecule has 0 aliphatic carbocycles. The minimum absolute atomic E-state index is 0.0244. The van der Waals surface area contributed by atoms with Gasteiger partial charge in [0.2, 0.25) is 11.7 Å². The highest BCUT2D eigenvalue weighted by molar-refractivity contribution is 5.97. The van der Waals surface area contributed by atoms with E-state index >= 15 is 0 Å². The van der Waals surface area contributed by atoms with Crippen molar-refractivity contribution in [1.82, 2.24) is 35.2 Å². The molecular formula is C28H31N9O3. The Labute approximate surface area is 230 Å². The Balaban J connectivity index is 1.26. The van der Waals surface area contributed by atoms with E-state index in [1.165, 1.54) is 4.90 Å². The highest BCUT2D eigenvalue weighted by Gasteiger charge is 2.22. The molecule has 0 bridgehead atoms. The summed E-state index contributed by atoms with van der Waals surface area (Å²) in [4.78, 5) is 46.1. The van der Waals surface area contributed by atoms with Gasteiger partial charge in [-0.3, -0.25) is 24.2 Å². The van der Waals surface area contributed by atoms with Crippen LogP contribution in [0.4, 0.5) is 0 Å². The SMILES string of the molecule is N=C(N)NCCCNCc1ccc(-c2cn3cc(-c4ccc(C(=O)N5CCNC(=O)C5)cc4)[nH]c3nc2=O)cc1. The topological polar surface area (TPSA) is 174 Å². The minimum atomic E-state index is -0.330. The van der Waals surface area contributed by atoms with Gasteiger partial charge in [0.1, 0.15) is 0 Å². The lowest BCUT2D eigenvalue weighted by Crippen LogP contribution is -2.49. The van der Waals surface area contributed by atoms with Crippen LogP contribution in [0, 0.1) is 5.41 Å². The fraction of sp³-hybridized carbons (Fsp3) is 0.250. The number of nitrogens with one attached hydrogen (secondary N) is 5. The number of rotatable bonds is 9. The van der Waals surface area contributed by atoms with E-state index in [1.807, 2.05) is 42.6 Å². The number of aromatic amines is 1. The molecule has 0 spiro atoms. The van der Waals surface area contributed by atoms with Gasteiger partial charge in [-0.1, -0.05) is 36.4 Å². The maximum atomic E-state index is 12.8. The van der Waals surface area contributed by atoms with Crippen LogP contribution in [0.25, 0.3) is 28.2 Å². The number of nitrogens with zero attached hydrogens (tertiary/aromatic N) is 3. The Morgan fingerprint density at radius 1 is 1.02 bits per heavy atom. The van der Waals surface area contributed by atoms with Crippen molar-refractivity contribution in [1.29, 1.82) is 5.41 Å².